The molecule has 2 aliphatic rings. The van der Waals surface area contributed by atoms with Gasteiger partial charge in [-0.25, -0.2) is 0 Å². The minimum Gasteiger partial charge on any atom is -0.382 e. The van der Waals surface area contributed by atoms with E-state index in [1.54, 1.807) is 11.8 Å². The number of hydrogen-bond acceptors (Lipinski definition) is 3. The molecule has 0 bridgehead atoms. The van der Waals surface area contributed by atoms with Crippen LogP contribution in [0, 0.1) is 0 Å². The van der Waals surface area contributed by atoms with E-state index in [1.807, 2.05) is 0 Å². The second-order valence-corrected chi connectivity index (χ2v) is 7.04. The number of anilines is 1. The number of hydrogen-bond donors (Lipinski definition) is 1. The number of nitrogens with one attached hydrogen (secondary N) is 1. The van der Waals surface area contributed by atoms with E-state index in [1.165, 1.54) is 49.1 Å². The second kappa shape index (κ2) is 6.40. The van der Waals surface area contributed by atoms with Gasteiger partial charge in [0.05, 0.1) is 5.60 Å². The van der Waals surface area contributed by atoms with Crippen LogP contribution in [0.2, 0.25) is 0 Å². The van der Waals surface area contributed by atoms with E-state index in [0.29, 0.717) is 6.04 Å². The minimum absolute atomic E-state index is 0.186. The number of ether oxygens (including phenoxy) is 1. The standard InChI is InChI=1S/C17H25NOS/c1-20-16-7-5-6-14(12-16)18-15-8-11-19-17(13-15)9-3-2-4-10-17/h5-7,12,15,18H,2-4,8-11,13H2,1H3. The van der Waals surface area contributed by atoms with Gasteiger partial charge < -0.3 is 10.1 Å². The molecule has 1 aliphatic carbocycles. The highest BCUT2D eigenvalue weighted by Gasteiger charge is 2.38. The highest BCUT2D eigenvalue weighted by molar-refractivity contribution is 7.98. The van der Waals surface area contributed by atoms with Crippen LogP contribution >= 0.6 is 11.8 Å². The molecule has 1 heterocycles. The third-order valence-electron chi connectivity index (χ3n) is 4.70. The summed E-state index contributed by atoms with van der Waals surface area (Å²) in [7, 11) is 0. The molecule has 0 radical (unpaired) electrons. The van der Waals surface area contributed by atoms with Crippen molar-refractivity contribution < 1.29 is 4.74 Å². The molecule has 1 atom stereocenters. The Hall–Kier alpha value is -0.670. The highest BCUT2D eigenvalue weighted by Crippen LogP contribution is 2.39. The van der Waals surface area contributed by atoms with Crippen molar-refractivity contribution in [3.63, 3.8) is 0 Å². The van der Waals surface area contributed by atoms with Crippen LogP contribution in [0.3, 0.4) is 0 Å². The summed E-state index contributed by atoms with van der Waals surface area (Å²) in [6.07, 6.45) is 11.0. The smallest absolute Gasteiger partial charge is 0.0702 e. The third-order valence-corrected chi connectivity index (χ3v) is 5.42. The second-order valence-electron chi connectivity index (χ2n) is 6.16. The Kier molecular flexibility index (Phi) is 4.57. The topological polar surface area (TPSA) is 21.3 Å². The van der Waals surface area contributed by atoms with E-state index >= 15 is 0 Å². The average Bonchev–Trinajstić information content (AvgIpc) is 2.48. The lowest BCUT2D eigenvalue weighted by Crippen LogP contribution is -2.45. The molecule has 3 rings (SSSR count). The molecule has 1 spiro atoms. The Labute approximate surface area is 126 Å². The van der Waals surface area contributed by atoms with Gasteiger partial charge in [-0.05, 0) is 50.1 Å². The van der Waals surface area contributed by atoms with Crippen molar-refractivity contribution in [1.29, 1.82) is 0 Å². The fourth-order valence-corrected chi connectivity index (χ4v) is 4.10. The lowest BCUT2D eigenvalue weighted by atomic mass is 9.78. The molecule has 2 nitrogen and oxygen atoms in total. The maximum atomic E-state index is 6.18. The molecule has 110 valence electrons. The van der Waals surface area contributed by atoms with Gasteiger partial charge >= 0.3 is 0 Å². The molecular weight excluding hydrogens is 266 g/mol. The largest absolute Gasteiger partial charge is 0.382 e. The van der Waals surface area contributed by atoms with Crippen LogP contribution in [0.1, 0.15) is 44.9 Å². The van der Waals surface area contributed by atoms with Crippen molar-refractivity contribution in [3.05, 3.63) is 24.3 Å². The molecule has 1 unspecified atom stereocenters. The lowest BCUT2D eigenvalue weighted by molar-refractivity contribution is -0.103. The van der Waals surface area contributed by atoms with Crippen molar-refractivity contribution in [3.8, 4) is 0 Å². The number of thioether (sulfide) groups is 1. The summed E-state index contributed by atoms with van der Waals surface area (Å²) >= 11 is 1.80. The molecule has 1 aromatic carbocycles. The van der Waals surface area contributed by atoms with E-state index < -0.39 is 0 Å². The van der Waals surface area contributed by atoms with Gasteiger partial charge in [-0.1, -0.05) is 25.3 Å². The summed E-state index contributed by atoms with van der Waals surface area (Å²) in [5.41, 5.74) is 1.44. The van der Waals surface area contributed by atoms with E-state index in [0.717, 1.165) is 13.0 Å². The SMILES string of the molecule is CSc1cccc(NC2CCOC3(CCCCC3)C2)c1. The number of rotatable bonds is 3. The van der Waals surface area contributed by atoms with Crippen molar-refractivity contribution in [2.75, 3.05) is 18.2 Å². The zero-order valence-corrected chi connectivity index (χ0v) is 13.2. The van der Waals surface area contributed by atoms with Gasteiger partial charge in [0.2, 0.25) is 0 Å². The summed E-state index contributed by atoms with van der Waals surface area (Å²) in [6.45, 7) is 0.917. The molecule has 1 saturated carbocycles. The molecular formula is C17H25NOS. The van der Waals surface area contributed by atoms with E-state index in [2.05, 4.69) is 35.8 Å². The normalized spacial score (nSPS) is 25.6. The molecule has 0 amide bonds. The van der Waals surface area contributed by atoms with Gasteiger partial charge in [-0.15, -0.1) is 11.8 Å². The fraction of sp³-hybridized carbons (Fsp3) is 0.647. The van der Waals surface area contributed by atoms with Crippen molar-refractivity contribution in [1.82, 2.24) is 0 Å². The Morgan fingerprint density at radius 3 is 2.90 bits per heavy atom. The maximum Gasteiger partial charge on any atom is 0.0702 e. The molecule has 20 heavy (non-hydrogen) atoms. The van der Waals surface area contributed by atoms with Gasteiger partial charge in [-0.3, -0.25) is 0 Å². The molecule has 1 aromatic rings. The minimum atomic E-state index is 0.186. The van der Waals surface area contributed by atoms with Gasteiger partial charge in [0.25, 0.3) is 0 Å². The van der Waals surface area contributed by atoms with E-state index in [4.69, 9.17) is 4.74 Å². The Balaban J connectivity index is 1.64. The zero-order chi connectivity index (χ0) is 13.8. The maximum absolute atomic E-state index is 6.18. The molecule has 3 heteroatoms. The molecule has 2 fully saturated rings. The molecule has 1 saturated heterocycles. The Morgan fingerprint density at radius 1 is 1.25 bits per heavy atom. The third kappa shape index (κ3) is 3.32. The van der Waals surface area contributed by atoms with Gasteiger partial charge in [-0.2, -0.15) is 0 Å². The first kappa shape index (κ1) is 14.3. The Bertz CT molecular complexity index is 437. The van der Waals surface area contributed by atoms with Crippen LogP contribution < -0.4 is 5.32 Å². The van der Waals surface area contributed by atoms with Crippen LogP contribution in [0.4, 0.5) is 5.69 Å². The number of benzene rings is 1. The molecule has 0 aromatic heterocycles. The first-order chi connectivity index (χ1) is 9.80. The van der Waals surface area contributed by atoms with Crippen LogP contribution in [0.5, 0.6) is 0 Å². The summed E-state index contributed by atoms with van der Waals surface area (Å²) in [6, 6.07) is 9.32. The van der Waals surface area contributed by atoms with E-state index in [-0.39, 0.29) is 5.60 Å². The monoisotopic (exact) mass is 291 g/mol. The fourth-order valence-electron chi connectivity index (χ4n) is 3.64. The predicted octanol–water partition coefficient (Wildman–Crippen LogP) is 4.70. The highest BCUT2D eigenvalue weighted by atomic mass is 32.2. The summed E-state index contributed by atoms with van der Waals surface area (Å²) in [4.78, 5) is 1.33. The zero-order valence-electron chi connectivity index (χ0n) is 12.4. The lowest BCUT2D eigenvalue weighted by Gasteiger charge is -2.44. The summed E-state index contributed by atoms with van der Waals surface area (Å²) < 4.78 is 6.18. The predicted molar refractivity (Wildman–Crippen MR) is 86.6 cm³/mol. The molecule has 1 aliphatic heterocycles. The van der Waals surface area contributed by atoms with Crippen LogP contribution in [-0.4, -0.2) is 24.5 Å². The van der Waals surface area contributed by atoms with Crippen molar-refractivity contribution >= 4 is 17.4 Å². The molecule has 1 N–H and O–H groups in total. The first-order valence-electron chi connectivity index (χ1n) is 7.84. The van der Waals surface area contributed by atoms with Gasteiger partial charge in [0, 0.05) is 23.2 Å². The van der Waals surface area contributed by atoms with Crippen LogP contribution in [-0.2, 0) is 4.74 Å². The van der Waals surface area contributed by atoms with Gasteiger partial charge in [0.1, 0.15) is 0 Å². The first-order valence-corrected chi connectivity index (χ1v) is 9.07. The average molecular weight is 291 g/mol. The Morgan fingerprint density at radius 2 is 2.10 bits per heavy atom. The summed E-state index contributed by atoms with van der Waals surface area (Å²) in [5.74, 6) is 0. The van der Waals surface area contributed by atoms with Crippen molar-refractivity contribution in [2.45, 2.75) is 61.5 Å². The van der Waals surface area contributed by atoms with Crippen LogP contribution in [0.15, 0.2) is 29.2 Å². The quantitative estimate of drug-likeness (QED) is 0.815. The van der Waals surface area contributed by atoms with Crippen LogP contribution in [0.25, 0.3) is 0 Å². The van der Waals surface area contributed by atoms with Gasteiger partial charge in [0.15, 0.2) is 0 Å². The van der Waals surface area contributed by atoms with Crippen molar-refractivity contribution in [2.24, 2.45) is 0 Å². The summed E-state index contributed by atoms with van der Waals surface area (Å²) in [5, 5.41) is 3.73. The van der Waals surface area contributed by atoms with E-state index in [9.17, 15) is 0 Å².